The van der Waals surface area contributed by atoms with Crippen molar-refractivity contribution in [3.8, 4) is 11.3 Å². The third-order valence-electron chi connectivity index (χ3n) is 6.16. The zero-order valence-corrected chi connectivity index (χ0v) is 21.7. The molecule has 2 aromatic heterocycles. The molecule has 5 rings (SSSR count). The lowest BCUT2D eigenvalue weighted by atomic mass is 10.0. The van der Waals surface area contributed by atoms with Crippen molar-refractivity contribution in [3.05, 3.63) is 101 Å². The third-order valence-corrected chi connectivity index (χ3v) is 6.79. The Bertz CT molecular complexity index is 1440. The molecule has 0 spiro atoms. The summed E-state index contributed by atoms with van der Waals surface area (Å²) in [6, 6.07) is 20.3. The highest BCUT2D eigenvalue weighted by molar-refractivity contribution is 7.80. The second-order valence-electron chi connectivity index (χ2n) is 9.01. The summed E-state index contributed by atoms with van der Waals surface area (Å²) in [5.41, 5.74) is 2.81. The predicted octanol–water partition coefficient (Wildman–Crippen LogP) is 6.91. The predicted molar refractivity (Wildman–Crippen MR) is 147 cm³/mol. The van der Waals surface area contributed by atoms with Gasteiger partial charge in [-0.3, -0.25) is 9.78 Å². The normalized spacial score (nSPS) is 17.2. The molecule has 1 amide bonds. The fraction of sp³-hybridized carbons (Fsp3) is 0.179. The number of pyridine rings is 1. The summed E-state index contributed by atoms with van der Waals surface area (Å²) in [7, 11) is 0. The smallest absolute Gasteiger partial charge is 0.226 e. The number of nitrogens with one attached hydrogen (secondary N) is 2. The molecular formula is C28H24ClFN4O2S. The number of hydrogen-bond acceptors (Lipinski definition) is 4. The number of carbonyl (C=O) groups excluding carboxylic acids is 1. The number of amides is 1. The van der Waals surface area contributed by atoms with Crippen molar-refractivity contribution < 1.29 is 13.6 Å². The van der Waals surface area contributed by atoms with Gasteiger partial charge in [0, 0.05) is 23.4 Å². The van der Waals surface area contributed by atoms with Crippen LogP contribution in [0.2, 0.25) is 5.02 Å². The molecule has 0 radical (unpaired) electrons. The number of rotatable bonds is 6. The molecule has 1 saturated heterocycles. The van der Waals surface area contributed by atoms with Crippen LogP contribution in [0.25, 0.3) is 11.3 Å². The topological polar surface area (TPSA) is 70.4 Å². The lowest BCUT2D eigenvalue weighted by molar-refractivity contribution is -0.118. The Kier molecular flexibility index (Phi) is 6.95. The maximum atomic E-state index is 13.4. The monoisotopic (exact) mass is 534 g/mol. The molecular weight excluding hydrogens is 511 g/mol. The van der Waals surface area contributed by atoms with Gasteiger partial charge in [-0.05, 0) is 78.9 Å². The quantitative estimate of drug-likeness (QED) is 0.262. The molecule has 0 aliphatic carbocycles. The standard InChI is InChI=1S/C28H24ClFN4O2S/c1-16(2)27(35)32-21-11-10-19(15-20(21)29)34-26(25(33-28(34)37)22-5-3-4-14-31-22)24-13-12-23(36-24)17-6-8-18(30)9-7-17/h3-16,25-26H,1-2H3,(H,32,35)(H,33,37)/t25-,26-/m1/s1. The summed E-state index contributed by atoms with van der Waals surface area (Å²) in [4.78, 5) is 18.7. The van der Waals surface area contributed by atoms with Crippen molar-refractivity contribution in [2.45, 2.75) is 25.9 Å². The Morgan fingerprint density at radius 2 is 1.92 bits per heavy atom. The van der Waals surface area contributed by atoms with Crippen LogP contribution in [-0.4, -0.2) is 16.0 Å². The van der Waals surface area contributed by atoms with Gasteiger partial charge in [0.2, 0.25) is 5.91 Å². The molecule has 2 aromatic carbocycles. The highest BCUT2D eigenvalue weighted by atomic mass is 35.5. The second kappa shape index (κ2) is 10.3. The molecule has 0 saturated carbocycles. The average molecular weight is 535 g/mol. The molecule has 6 nitrogen and oxygen atoms in total. The summed E-state index contributed by atoms with van der Waals surface area (Å²) >= 11 is 12.3. The van der Waals surface area contributed by atoms with Gasteiger partial charge < -0.3 is 20.0 Å². The van der Waals surface area contributed by atoms with Gasteiger partial charge in [0.25, 0.3) is 0 Å². The highest BCUT2D eigenvalue weighted by Crippen LogP contribution is 2.44. The molecule has 37 heavy (non-hydrogen) atoms. The van der Waals surface area contributed by atoms with Crippen LogP contribution in [0.3, 0.4) is 0 Å². The molecule has 2 N–H and O–H groups in total. The summed E-state index contributed by atoms with van der Waals surface area (Å²) in [5.74, 6) is 0.647. The Morgan fingerprint density at radius 1 is 1.14 bits per heavy atom. The zero-order chi connectivity index (χ0) is 26.1. The first kappa shape index (κ1) is 24.9. The Balaban J connectivity index is 1.54. The van der Waals surface area contributed by atoms with E-state index in [1.165, 1.54) is 12.1 Å². The minimum absolute atomic E-state index is 0.120. The van der Waals surface area contributed by atoms with Gasteiger partial charge in [0.15, 0.2) is 5.11 Å². The summed E-state index contributed by atoms with van der Waals surface area (Å²) < 4.78 is 19.7. The van der Waals surface area contributed by atoms with Gasteiger partial charge in [-0.15, -0.1) is 0 Å². The lowest BCUT2D eigenvalue weighted by Crippen LogP contribution is -2.29. The van der Waals surface area contributed by atoms with E-state index in [1.54, 1.807) is 30.5 Å². The largest absolute Gasteiger partial charge is 0.459 e. The number of aromatic nitrogens is 1. The summed E-state index contributed by atoms with van der Waals surface area (Å²) in [6.45, 7) is 3.63. The first-order valence-electron chi connectivity index (χ1n) is 11.8. The number of halogens is 2. The molecule has 4 aromatic rings. The second-order valence-corrected chi connectivity index (χ2v) is 9.81. The molecule has 188 valence electrons. The van der Waals surface area contributed by atoms with Gasteiger partial charge in [0.05, 0.1) is 22.4 Å². The minimum atomic E-state index is -0.385. The maximum absolute atomic E-state index is 13.4. The summed E-state index contributed by atoms with van der Waals surface area (Å²) in [6.07, 6.45) is 1.73. The van der Waals surface area contributed by atoms with Gasteiger partial charge in [0.1, 0.15) is 23.4 Å². The van der Waals surface area contributed by atoms with E-state index in [-0.39, 0.29) is 29.7 Å². The third kappa shape index (κ3) is 5.08. The van der Waals surface area contributed by atoms with E-state index in [0.717, 1.165) is 16.9 Å². The van der Waals surface area contributed by atoms with Crippen LogP contribution < -0.4 is 15.5 Å². The molecule has 1 fully saturated rings. The van der Waals surface area contributed by atoms with Crippen molar-refractivity contribution in [1.29, 1.82) is 0 Å². The molecule has 3 heterocycles. The first-order valence-corrected chi connectivity index (χ1v) is 12.6. The van der Waals surface area contributed by atoms with Gasteiger partial charge in [-0.1, -0.05) is 31.5 Å². The first-order chi connectivity index (χ1) is 17.8. The molecule has 9 heteroatoms. The number of hydrogen-bond donors (Lipinski definition) is 2. The van der Waals surface area contributed by atoms with Crippen LogP contribution in [0.1, 0.15) is 37.4 Å². The Labute approximate surface area is 224 Å². The van der Waals surface area contributed by atoms with E-state index in [4.69, 9.17) is 28.2 Å². The summed E-state index contributed by atoms with van der Waals surface area (Å²) in [5, 5.41) is 7.10. The van der Waals surface area contributed by atoms with E-state index in [0.29, 0.717) is 27.3 Å². The van der Waals surface area contributed by atoms with Crippen molar-refractivity contribution in [2.75, 3.05) is 10.2 Å². The number of carbonyl (C=O) groups is 1. The van der Waals surface area contributed by atoms with Gasteiger partial charge in [-0.2, -0.15) is 0 Å². The Morgan fingerprint density at radius 3 is 2.59 bits per heavy atom. The van der Waals surface area contributed by atoms with Crippen LogP contribution in [-0.2, 0) is 4.79 Å². The van der Waals surface area contributed by atoms with Gasteiger partial charge in [-0.25, -0.2) is 4.39 Å². The van der Waals surface area contributed by atoms with Crippen LogP contribution in [0.5, 0.6) is 0 Å². The molecule has 2 atom stereocenters. The number of nitrogens with zero attached hydrogens (tertiary/aromatic N) is 2. The average Bonchev–Trinajstić information content (AvgIpc) is 3.51. The van der Waals surface area contributed by atoms with E-state index in [9.17, 15) is 9.18 Å². The van der Waals surface area contributed by atoms with Crippen LogP contribution in [0.15, 0.2) is 83.4 Å². The molecule has 0 unspecified atom stereocenters. The number of thiocarbonyl (C=S) groups is 1. The number of benzene rings is 2. The molecule has 1 aliphatic heterocycles. The zero-order valence-electron chi connectivity index (χ0n) is 20.1. The molecule has 0 bridgehead atoms. The van der Waals surface area contributed by atoms with Crippen LogP contribution in [0, 0.1) is 11.7 Å². The number of anilines is 2. The van der Waals surface area contributed by atoms with Crippen LogP contribution >= 0.6 is 23.8 Å². The van der Waals surface area contributed by atoms with E-state index >= 15 is 0 Å². The van der Waals surface area contributed by atoms with Crippen molar-refractivity contribution in [3.63, 3.8) is 0 Å². The van der Waals surface area contributed by atoms with E-state index in [1.807, 2.05) is 55.1 Å². The Hall–Kier alpha value is -3.75. The fourth-order valence-corrected chi connectivity index (χ4v) is 4.80. The van der Waals surface area contributed by atoms with Crippen molar-refractivity contribution in [1.82, 2.24) is 10.3 Å². The lowest BCUT2D eigenvalue weighted by Gasteiger charge is -2.26. The number of furan rings is 1. The van der Waals surface area contributed by atoms with Crippen molar-refractivity contribution in [2.24, 2.45) is 5.92 Å². The van der Waals surface area contributed by atoms with E-state index in [2.05, 4.69) is 15.6 Å². The highest BCUT2D eigenvalue weighted by Gasteiger charge is 2.42. The van der Waals surface area contributed by atoms with Gasteiger partial charge >= 0.3 is 0 Å². The fourth-order valence-electron chi connectivity index (χ4n) is 4.24. The molecule has 1 aliphatic rings. The van der Waals surface area contributed by atoms with Crippen LogP contribution in [0.4, 0.5) is 15.8 Å². The minimum Gasteiger partial charge on any atom is -0.459 e. The SMILES string of the molecule is CC(C)C(=O)Nc1ccc(N2C(=S)N[C@H](c3ccccn3)[C@H]2c2ccc(-c3ccc(F)cc3)o2)cc1Cl. The maximum Gasteiger partial charge on any atom is 0.226 e. The van der Waals surface area contributed by atoms with Crippen molar-refractivity contribution >= 4 is 46.2 Å². The van der Waals surface area contributed by atoms with E-state index < -0.39 is 0 Å².